The molecule has 3 aromatic rings. The molecular formula is C16H14N6O2. The average Bonchev–Trinajstić information content (AvgIpc) is 2.57. The lowest BCUT2D eigenvalue weighted by molar-refractivity contribution is 0.102. The molecule has 1 aromatic carbocycles. The molecule has 0 aliphatic carbocycles. The highest BCUT2D eigenvalue weighted by atomic mass is 16.2. The van der Waals surface area contributed by atoms with Gasteiger partial charge in [-0.05, 0) is 37.3 Å². The molecule has 0 saturated carbocycles. The summed E-state index contributed by atoms with van der Waals surface area (Å²) in [6.45, 7) is 1.89. The van der Waals surface area contributed by atoms with Gasteiger partial charge in [-0.25, -0.2) is 15.1 Å². The van der Waals surface area contributed by atoms with Gasteiger partial charge >= 0.3 is 0 Å². The highest BCUT2D eigenvalue weighted by Gasteiger charge is 2.07. The van der Waals surface area contributed by atoms with Crippen molar-refractivity contribution in [2.75, 3.05) is 10.6 Å². The van der Waals surface area contributed by atoms with Crippen molar-refractivity contribution in [2.24, 2.45) is 0 Å². The van der Waals surface area contributed by atoms with Crippen molar-refractivity contribution in [3.63, 3.8) is 0 Å². The number of aromatic amines is 1. The highest BCUT2D eigenvalue weighted by Crippen LogP contribution is 2.18. The Balaban J connectivity index is 1.67. The minimum atomic E-state index is -0.404. The maximum atomic E-state index is 12.0. The second-order valence-corrected chi connectivity index (χ2v) is 5.01. The largest absolute Gasteiger partial charge is 0.340 e. The van der Waals surface area contributed by atoms with Crippen LogP contribution in [0.25, 0.3) is 0 Å². The number of hydrogen-bond acceptors (Lipinski definition) is 6. The van der Waals surface area contributed by atoms with Gasteiger partial charge in [0.1, 0.15) is 17.8 Å². The van der Waals surface area contributed by atoms with Crippen LogP contribution in [0, 0.1) is 6.92 Å². The fourth-order valence-electron chi connectivity index (χ4n) is 1.97. The van der Waals surface area contributed by atoms with Crippen LogP contribution in [-0.4, -0.2) is 26.1 Å². The number of carbonyl (C=O) groups excluding carboxylic acids is 1. The standard InChI is InChI=1S/C16H14N6O2/c1-10-8-14(18-9-17-10)19-11-2-4-12(5-3-11)20-16(24)13-6-7-15(23)22-21-13/h2-9H,1H3,(H,20,24)(H,22,23)(H,17,18,19). The minimum absolute atomic E-state index is 0.133. The zero-order chi connectivity index (χ0) is 16.9. The van der Waals surface area contributed by atoms with Gasteiger partial charge < -0.3 is 10.6 Å². The van der Waals surface area contributed by atoms with E-state index in [0.29, 0.717) is 11.5 Å². The van der Waals surface area contributed by atoms with Gasteiger partial charge in [-0.15, -0.1) is 0 Å². The van der Waals surface area contributed by atoms with Crippen molar-refractivity contribution in [2.45, 2.75) is 6.92 Å². The topological polar surface area (TPSA) is 113 Å². The third kappa shape index (κ3) is 3.80. The lowest BCUT2D eigenvalue weighted by Gasteiger charge is -2.08. The zero-order valence-electron chi connectivity index (χ0n) is 12.8. The zero-order valence-corrected chi connectivity index (χ0v) is 12.8. The fraction of sp³-hybridized carbons (Fsp3) is 0.0625. The maximum Gasteiger partial charge on any atom is 0.276 e. The number of aromatic nitrogens is 4. The van der Waals surface area contributed by atoms with Crippen LogP contribution in [0.3, 0.4) is 0 Å². The van der Waals surface area contributed by atoms with Gasteiger partial charge in [0, 0.05) is 29.2 Å². The third-order valence-electron chi connectivity index (χ3n) is 3.13. The Bertz CT molecular complexity index is 900. The molecule has 3 rings (SSSR count). The van der Waals surface area contributed by atoms with Crippen LogP contribution < -0.4 is 16.2 Å². The lowest BCUT2D eigenvalue weighted by Crippen LogP contribution is -2.17. The smallest absolute Gasteiger partial charge is 0.276 e. The highest BCUT2D eigenvalue weighted by molar-refractivity contribution is 6.02. The Morgan fingerprint density at radius 2 is 1.79 bits per heavy atom. The number of nitrogens with one attached hydrogen (secondary N) is 3. The van der Waals surface area contributed by atoms with Gasteiger partial charge in [0.25, 0.3) is 11.5 Å². The Kier molecular flexibility index (Phi) is 4.28. The first-order chi connectivity index (χ1) is 11.6. The summed E-state index contributed by atoms with van der Waals surface area (Å²) >= 11 is 0. The first-order valence-electron chi connectivity index (χ1n) is 7.13. The van der Waals surface area contributed by atoms with E-state index < -0.39 is 5.91 Å². The second-order valence-electron chi connectivity index (χ2n) is 5.01. The molecule has 1 amide bonds. The Hall–Kier alpha value is -3.55. The first-order valence-corrected chi connectivity index (χ1v) is 7.13. The van der Waals surface area contributed by atoms with Crippen molar-refractivity contribution in [1.82, 2.24) is 20.2 Å². The van der Waals surface area contributed by atoms with Crippen molar-refractivity contribution in [1.29, 1.82) is 0 Å². The van der Waals surface area contributed by atoms with Crippen LogP contribution in [0.2, 0.25) is 0 Å². The average molecular weight is 322 g/mol. The van der Waals surface area contributed by atoms with E-state index in [2.05, 4.69) is 30.8 Å². The Morgan fingerprint density at radius 3 is 2.46 bits per heavy atom. The Labute approximate surface area is 137 Å². The predicted octanol–water partition coefficient (Wildman–Crippen LogP) is 1.86. The van der Waals surface area contributed by atoms with E-state index in [1.165, 1.54) is 18.5 Å². The van der Waals surface area contributed by atoms with Crippen LogP contribution in [0.1, 0.15) is 16.2 Å². The van der Waals surface area contributed by atoms with Gasteiger partial charge in [0.15, 0.2) is 0 Å². The summed E-state index contributed by atoms with van der Waals surface area (Å²) in [5.41, 5.74) is 2.07. The van der Waals surface area contributed by atoms with E-state index in [9.17, 15) is 9.59 Å². The third-order valence-corrected chi connectivity index (χ3v) is 3.13. The second kappa shape index (κ2) is 6.69. The molecule has 2 aromatic heterocycles. The number of amides is 1. The number of hydrogen-bond donors (Lipinski definition) is 3. The molecule has 24 heavy (non-hydrogen) atoms. The summed E-state index contributed by atoms with van der Waals surface area (Å²) in [5, 5.41) is 11.7. The number of H-pyrrole nitrogens is 1. The number of carbonyl (C=O) groups is 1. The molecule has 8 heteroatoms. The predicted molar refractivity (Wildman–Crippen MR) is 89.3 cm³/mol. The summed E-state index contributed by atoms with van der Waals surface area (Å²) in [6.07, 6.45) is 1.49. The van der Waals surface area contributed by atoms with Crippen molar-refractivity contribution in [3.8, 4) is 0 Å². The van der Waals surface area contributed by atoms with E-state index in [4.69, 9.17) is 0 Å². The van der Waals surface area contributed by atoms with Crippen LogP contribution in [0.15, 0.2) is 53.6 Å². The molecule has 3 N–H and O–H groups in total. The van der Waals surface area contributed by atoms with Crippen LogP contribution >= 0.6 is 0 Å². The summed E-state index contributed by atoms with van der Waals surface area (Å²) in [7, 11) is 0. The number of nitrogens with zero attached hydrogens (tertiary/aromatic N) is 3. The van der Waals surface area contributed by atoms with E-state index >= 15 is 0 Å². The number of rotatable bonds is 4. The van der Waals surface area contributed by atoms with Crippen molar-refractivity contribution in [3.05, 3.63) is 70.5 Å². The quantitative estimate of drug-likeness (QED) is 0.676. The molecule has 0 atom stereocenters. The van der Waals surface area contributed by atoms with E-state index in [1.54, 1.807) is 12.1 Å². The van der Waals surface area contributed by atoms with Gasteiger partial charge in [-0.2, -0.15) is 5.10 Å². The van der Waals surface area contributed by atoms with Crippen LogP contribution in [0.4, 0.5) is 17.2 Å². The maximum absolute atomic E-state index is 12.0. The molecule has 0 unspecified atom stereocenters. The summed E-state index contributed by atoms with van der Waals surface area (Å²) in [4.78, 5) is 31.1. The molecule has 0 radical (unpaired) electrons. The molecule has 0 bridgehead atoms. The SMILES string of the molecule is Cc1cc(Nc2ccc(NC(=O)c3ccc(=O)[nH]n3)cc2)ncn1. The molecular weight excluding hydrogens is 308 g/mol. The molecule has 8 nitrogen and oxygen atoms in total. The Morgan fingerprint density at radius 1 is 1.04 bits per heavy atom. The van der Waals surface area contributed by atoms with Crippen LogP contribution in [-0.2, 0) is 0 Å². The fourth-order valence-corrected chi connectivity index (χ4v) is 1.97. The molecule has 0 spiro atoms. The molecule has 0 saturated heterocycles. The summed E-state index contributed by atoms with van der Waals surface area (Å²) < 4.78 is 0. The first kappa shape index (κ1) is 15.3. The van der Waals surface area contributed by atoms with Gasteiger partial charge in [0.05, 0.1) is 0 Å². The summed E-state index contributed by atoms with van der Waals surface area (Å²) in [6, 6.07) is 11.6. The minimum Gasteiger partial charge on any atom is -0.340 e. The lowest BCUT2D eigenvalue weighted by atomic mass is 10.2. The summed E-state index contributed by atoms with van der Waals surface area (Å²) in [5.74, 6) is 0.287. The van der Waals surface area contributed by atoms with E-state index in [-0.39, 0.29) is 11.3 Å². The molecule has 0 fully saturated rings. The van der Waals surface area contributed by atoms with Gasteiger partial charge in [-0.3, -0.25) is 9.59 Å². The van der Waals surface area contributed by atoms with Crippen molar-refractivity contribution < 1.29 is 4.79 Å². The number of aryl methyl sites for hydroxylation is 1. The molecule has 0 aliphatic heterocycles. The van der Waals surface area contributed by atoms with Crippen LogP contribution in [0.5, 0.6) is 0 Å². The van der Waals surface area contributed by atoms with E-state index in [0.717, 1.165) is 11.4 Å². The van der Waals surface area contributed by atoms with E-state index in [1.807, 2.05) is 25.1 Å². The normalized spacial score (nSPS) is 10.2. The molecule has 0 aliphatic rings. The molecule has 120 valence electrons. The van der Waals surface area contributed by atoms with Crippen molar-refractivity contribution >= 4 is 23.1 Å². The van der Waals surface area contributed by atoms with Gasteiger partial charge in [0.2, 0.25) is 0 Å². The monoisotopic (exact) mass is 322 g/mol. The molecule has 2 heterocycles. The number of anilines is 3. The van der Waals surface area contributed by atoms with Gasteiger partial charge in [-0.1, -0.05) is 0 Å². The number of benzene rings is 1.